The van der Waals surface area contributed by atoms with Gasteiger partial charge in [-0.1, -0.05) is 18.2 Å². The van der Waals surface area contributed by atoms with Crippen LogP contribution < -0.4 is 5.32 Å². The first-order valence-electron chi connectivity index (χ1n) is 6.71. The maximum absolute atomic E-state index is 11.0. The number of para-hydroxylation sites is 1. The van der Waals surface area contributed by atoms with Crippen molar-refractivity contribution in [3.8, 4) is 0 Å². The Morgan fingerprint density at radius 2 is 2.05 bits per heavy atom. The van der Waals surface area contributed by atoms with E-state index in [0.29, 0.717) is 18.7 Å². The third kappa shape index (κ3) is 4.09. The second-order valence-corrected chi connectivity index (χ2v) is 5.82. The van der Waals surface area contributed by atoms with Crippen molar-refractivity contribution < 1.29 is 4.92 Å². The number of hydrogen-bond donors (Lipinski definition) is 1. The van der Waals surface area contributed by atoms with Crippen molar-refractivity contribution in [1.82, 2.24) is 20.1 Å². The van der Waals surface area contributed by atoms with Crippen molar-refractivity contribution in [1.29, 1.82) is 0 Å². The van der Waals surface area contributed by atoms with Gasteiger partial charge in [0.25, 0.3) is 5.69 Å². The van der Waals surface area contributed by atoms with Crippen LogP contribution in [0.1, 0.15) is 32.2 Å². The highest BCUT2D eigenvalue weighted by Crippen LogP contribution is 2.18. The molecule has 1 aromatic heterocycles. The van der Waals surface area contributed by atoms with Crippen molar-refractivity contribution >= 4 is 5.69 Å². The van der Waals surface area contributed by atoms with Gasteiger partial charge in [-0.15, -0.1) is 0 Å². The van der Waals surface area contributed by atoms with Gasteiger partial charge in [0.2, 0.25) is 0 Å². The molecule has 21 heavy (non-hydrogen) atoms. The van der Waals surface area contributed by atoms with E-state index in [2.05, 4.69) is 36.2 Å². The van der Waals surface area contributed by atoms with Gasteiger partial charge in [0.1, 0.15) is 12.2 Å². The third-order valence-electron chi connectivity index (χ3n) is 2.98. The molecule has 7 heteroatoms. The number of rotatable bonds is 5. The standard InChI is InChI=1S/C14H19N5O2/c1-14(2,3)16-8-13-15-10-17-18(13)9-11-6-4-5-7-12(11)19(20)21/h4-7,10,16H,8-9H2,1-3H3. The van der Waals surface area contributed by atoms with Crippen LogP contribution in [-0.2, 0) is 13.1 Å². The molecule has 2 rings (SSSR count). The van der Waals surface area contributed by atoms with Crippen molar-refractivity contribution in [2.24, 2.45) is 0 Å². The van der Waals surface area contributed by atoms with Gasteiger partial charge in [-0.2, -0.15) is 5.10 Å². The molecule has 0 saturated heterocycles. The summed E-state index contributed by atoms with van der Waals surface area (Å²) in [5, 5.41) is 18.5. The van der Waals surface area contributed by atoms with Crippen LogP contribution >= 0.6 is 0 Å². The Morgan fingerprint density at radius 1 is 1.33 bits per heavy atom. The molecule has 0 radical (unpaired) electrons. The first-order valence-corrected chi connectivity index (χ1v) is 6.71. The van der Waals surface area contributed by atoms with Crippen LogP contribution in [-0.4, -0.2) is 25.2 Å². The highest BCUT2D eigenvalue weighted by Gasteiger charge is 2.16. The van der Waals surface area contributed by atoms with Crippen LogP contribution in [0.15, 0.2) is 30.6 Å². The fourth-order valence-electron chi connectivity index (χ4n) is 1.89. The van der Waals surface area contributed by atoms with Crippen molar-refractivity contribution in [3.63, 3.8) is 0 Å². The number of hydrogen-bond acceptors (Lipinski definition) is 5. The van der Waals surface area contributed by atoms with Gasteiger partial charge in [0.15, 0.2) is 0 Å². The molecule has 0 aliphatic rings. The largest absolute Gasteiger partial charge is 0.305 e. The summed E-state index contributed by atoms with van der Waals surface area (Å²) in [7, 11) is 0. The second-order valence-electron chi connectivity index (χ2n) is 5.82. The summed E-state index contributed by atoms with van der Waals surface area (Å²) in [4.78, 5) is 14.9. The lowest BCUT2D eigenvalue weighted by molar-refractivity contribution is -0.385. The van der Waals surface area contributed by atoms with E-state index in [-0.39, 0.29) is 16.1 Å². The Labute approximate surface area is 123 Å². The summed E-state index contributed by atoms with van der Waals surface area (Å²) >= 11 is 0. The minimum atomic E-state index is -0.376. The first kappa shape index (κ1) is 15.1. The molecule has 0 unspecified atom stereocenters. The number of nitro benzene ring substituents is 1. The number of aromatic nitrogens is 3. The Bertz CT molecular complexity index is 630. The van der Waals surface area contributed by atoms with Gasteiger partial charge in [-0.3, -0.25) is 10.1 Å². The number of benzene rings is 1. The van der Waals surface area contributed by atoms with E-state index >= 15 is 0 Å². The molecule has 7 nitrogen and oxygen atoms in total. The van der Waals surface area contributed by atoms with E-state index in [4.69, 9.17) is 0 Å². The summed E-state index contributed by atoms with van der Waals surface area (Å²) in [6.45, 7) is 7.09. The Morgan fingerprint density at radius 3 is 2.71 bits per heavy atom. The topological polar surface area (TPSA) is 85.9 Å². The molecule has 2 aromatic rings. The Balaban J connectivity index is 2.18. The Kier molecular flexibility index (Phi) is 4.32. The smallest absolute Gasteiger partial charge is 0.274 e. The van der Waals surface area contributed by atoms with E-state index < -0.39 is 0 Å². The minimum Gasteiger partial charge on any atom is -0.305 e. The predicted octanol–water partition coefficient (Wildman–Crippen LogP) is 2.12. The van der Waals surface area contributed by atoms with Gasteiger partial charge in [0.05, 0.1) is 23.6 Å². The summed E-state index contributed by atoms with van der Waals surface area (Å²) in [5.74, 6) is 0.753. The van der Waals surface area contributed by atoms with Crippen LogP contribution in [0.4, 0.5) is 5.69 Å². The van der Waals surface area contributed by atoms with Gasteiger partial charge >= 0.3 is 0 Å². The van der Waals surface area contributed by atoms with Gasteiger partial charge in [0, 0.05) is 11.6 Å². The minimum absolute atomic E-state index is 0.0322. The van der Waals surface area contributed by atoms with E-state index in [1.54, 1.807) is 22.9 Å². The number of nitrogens with one attached hydrogen (secondary N) is 1. The fraction of sp³-hybridized carbons (Fsp3) is 0.429. The van der Waals surface area contributed by atoms with Gasteiger partial charge < -0.3 is 5.32 Å². The summed E-state index contributed by atoms with van der Waals surface area (Å²) < 4.78 is 1.68. The molecule has 1 heterocycles. The normalized spacial score (nSPS) is 11.6. The van der Waals surface area contributed by atoms with E-state index in [1.807, 2.05) is 0 Å². The molecule has 112 valence electrons. The fourth-order valence-corrected chi connectivity index (χ4v) is 1.89. The zero-order valence-electron chi connectivity index (χ0n) is 12.4. The molecule has 0 aliphatic carbocycles. The lowest BCUT2D eigenvalue weighted by Gasteiger charge is -2.20. The average molecular weight is 289 g/mol. The lowest BCUT2D eigenvalue weighted by Crippen LogP contribution is -2.36. The predicted molar refractivity (Wildman–Crippen MR) is 78.8 cm³/mol. The first-order chi connectivity index (χ1) is 9.87. The summed E-state index contributed by atoms with van der Waals surface area (Å²) in [6, 6.07) is 6.68. The van der Waals surface area contributed by atoms with Crippen LogP contribution in [0.2, 0.25) is 0 Å². The molecule has 1 aromatic carbocycles. The number of nitro groups is 1. The SMILES string of the molecule is CC(C)(C)NCc1ncnn1Cc1ccccc1[N+](=O)[O-]. The molecule has 0 spiro atoms. The Hall–Kier alpha value is -2.28. The van der Waals surface area contributed by atoms with Crippen LogP contribution in [0.5, 0.6) is 0 Å². The molecule has 0 saturated carbocycles. The molecule has 0 bridgehead atoms. The molecule has 0 aliphatic heterocycles. The molecule has 1 N–H and O–H groups in total. The molecular weight excluding hydrogens is 270 g/mol. The van der Waals surface area contributed by atoms with Gasteiger partial charge in [-0.05, 0) is 20.8 Å². The second kappa shape index (κ2) is 6.01. The van der Waals surface area contributed by atoms with Gasteiger partial charge in [-0.25, -0.2) is 9.67 Å². The van der Waals surface area contributed by atoms with E-state index in [1.165, 1.54) is 12.4 Å². The zero-order valence-corrected chi connectivity index (χ0v) is 12.4. The van der Waals surface area contributed by atoms with Crippen molar-refractivity contribution in [2.75, 3.05) is 0 Å². The van der Waals surface area contributed by atoms with Crippen molar-refractivity contribution in [3.05, 3.63) is 52.1 Å². The van der Waals surface area contributed by atoms with E-state index in [0.717, 1.165) is 5.82 Å². The highest BCUT2D eigenvalue weighted by atomic mass is 16.6. The van der Waals surface area contributed by atoms with Crippen molar-refractivity contribution in [2.45, 2.75) is 39.4 Å². The van der Waals surface area contributed by atoms with Crippen LogP contribution in [0.3, 0.4) is 0 Å². The molecular formula is C14H19N5O2. The van der Waals surface area contributed by atoms with Crippen LogP contribution in [0, 0.1) is 10.1 Å². The lowest BCUT2D eigenvalue weighted by atomic mass is 10.1. The van der Waals surface area contributed by atoms with Crippen LogP contribution in [0.25, 0.3) is 0 Å². The highest BCUT2D eigenvalue weighted by molar-refractivity contribution is 5.39. The maximum Gasteiger partial charge on any atom is 0.274 e. The number of nitrogens with zero attached hydrogens (tertiary/aromatic N) is 4. The average Bonchev–Trinajstić information content (AvgIpc) is 2.83. The maximum atomic E-state index is 11.0. The monoisotopic (exact) mass is 289 g/mol. The third-order valence-corrected chi connectivity index (χ3v) is 2.98. The van der Waals surface area contributed by atoms with E-state index in [9.17, 15) is 10.1 Å². The quantitative estimate of drug-likeness (QED) is 0.673. The molecule has 0 amide bonds. The molecule has 0 atom stereocenters. The summed E-state index contributed by atoms with van der Waals surface area (Å²) in [5.41, 5.74) is 0.683. The summed E-state index contributed by atoms with van der Waals surface area (Å²) in [6.07, 6.45) is 1.47. The molecule has 0 fully saturated rings. The zero-order chi connectivity index (χ0) is 15.5.